The molecule has 1 amide bonds. The maximum Gasteiger partial charge on any atom is 0.408 e. The molecule has 0 unspecified atom stereocenters. The van der Waals surface area contributed by atoms with Crippen LogP contribution >= 0.6 is 11.6 Å². The molecule has 3 aromatic rings. The summed E-state index contributed by atoms with van der Waals surface area (Å²) >= 11 is 6.22. The van der Waals surface area contributed by atoms with E-state index in [0.29, 0.717) is 16.1 Å². The fourth-order valence-electron chi connectivity index (χ4n) is 3.00. The number of amides is 1. The van der Waals surface area contributed by atoms with E-state index >= 15 is 0 Å². The molecule has 0 aliphatic rings. The molecule has 0 aliphatic heterocycles. The number of rotatable bonds is 4. The summed E-state index contributed by atoms with van der Waals surface area (Å²) in [7, 11) is 0. The van der Waals surface area contributed by atoms with Crippen LogP contribution in [0.15, 0.2) is 54.9 Å². The van der Waals surface area contributed by atoms with Gasteiger partial charge in [-0.1, -0.05) is 35.9 Å². The fraction of sp³-hybridized carbons (Fsp3) is 0.261. The van der Waals surface area contributed by atoms with Crippen molar-refractivity contribution in [2.24, 2.45) is 0 Å². The van der Waals surface area contributed by atoms with E-state index in [2.05, 4.69) is 10.3 Å². The number of nitrogens with one attached hydrogen (secondary N) is 1. The van der Waals surface area contributed by atoms with Crippen LogP contribution in [0.4, 0.5) is 4.79 Å². The first kappa shape index (κ1) is 20.8. The number of nitrogens with zero attached hydrogens (tertiary/aromatic N) is 1. The third-order valence-electron chi connectivity index (χ3n) is 4.42. The molecule has 3 rings (SSSR count). The van der Waals surface area contributed by atoms with Crippen molar-refractivity contribution in [3.8, 4) is 0 Å². The van der Waals surface area contributed by atoms with E-state index in [9.17, 15) is 9.59 Å². The first-order valence-corrected chi connectivity index (χ1v) is 9.70. The molecule has 0 aliphatic carbocycles. The van der Waals surface area contributed by atoms with Crippen molar-refractivity contribution in [1.82, 2.24) is 10.3 Å². The van der Waals surface area contributed by atoms with Crippen LogP contribution in [0, 0.1) is 0 Å². The van der Waals surface area contributed by atoms with Crippen LogP contribution in [0.5, 0.6) is 0 Å². The molecule has 0 fully saturated rings. The van der Waals surface area contributed by atoms with Gasteiger partial charge < -0.3 is 10.1 Å². The third kappa shape index (κ3) is 4.93. The molecule has 2 aromatic carbocycles. The minimum absolute atomic E-state index is 0.0998. The van der Waals surface area contributed by atoms with E-state index in [0.717, 1.165) is 16.3 Å². The van der Waals surface area contributed by atoms with Gasteiger partial charge in [-0.05, 0) is 56.8 Å². The Hall–Kier alpha value is -2.92. The monoisotopic (exact) mass is 410 g/mol. The summed E-state index contributed by atoms with van der Waals surface area (Å²) in [4.78, 5) is 29.1. The van der Waals surface area contributed by atoms with Gasteiger partial charge >= 0.3 is 6.09 Å². The number of hydrogen-bond acceptors (Lipinski definition) is 4. The summed E-state index contributed by atoms with van der Waals surface area (Å²) in [6.45, 7) is 7.30. The molecular weight excluding hydrogens is 388 g/mol. The van der Waals surface area contributed by atoms with Gasteiger partial charge in [-0.3, -0.25) is 9.78 Å². The van der Waals surface area contributed by atoms with E-state index in [1.807, 2.05) is 39.8 Å². The highest BCUT2D eigenvalue weighted by molar-refractivity contribution is 6.36. The van der Waals surface area contributed by atoms with Gasteiger partial charge in [0.15, 0.2) is 5.78 Å². The molecule has 29 heavy (non-hydrogen) atoms. The van der Waals surface area contributed by atoms with Crippen LogP contribution < -0.4 is 5.32 Å². The van der Waals surface area contributed by atoms with E-state index in [-0.39, 0.29) is 11.8 Å². The number of carbonyl (C=O) groups excluding carboxylic acids is 2. The lowest BCUT2D eigenvalue weighted by Crippen LogP contribution is -2.34. The van der Waals surface area contributed by atoms with Crippen molar-refractivity contribution >= 4 is 34.2 Å². The zero-order valence-corrected chi connectivity index (χ0v) is 17.6. The molecule has 0 radical (unpaired) electrons. The summed E-state index contributed by atoms with van der Waals surface area (Å²) in [6.07, 6.45) is 2.82. The number of benzene rings is 2. The molecule has 5 nitrogen and oxygen atoms in total. The van der Waals surface area contributed by atoms with Crippen LogP contribution in [-0.2, 0) is 4.74 Å². The second kappa shape index (κ2) is 8.21. The average Bonchev–Trinajstić information content (AvgIpc) is 2.66. The number of hydrogen-bond donors (Lipinski definition) is 1. The Balaban J connectivity index is 1.79. The number of halogens is 1. The molecule has 1 atom stereocenters. The molecular formula is C23H23ClN2O3. The van der Waals surface area contributed by atoms with Crippen LogP contribution in [0.3, 0.4) is 0 Å². The zero-order valence-electron chi connectivity index (χ0n) is 16.8. The normalized spacial score (nSPS) is 12.4. The molecule has 150 valence electrons. The van der Waals surface area contributed by atoms with Crippen molar-refractivity contribution in [2.45, 2.75) is 39.3 Å². The minimum Gasteiger partial charge on any atom is -0.444 e. The van der Waals surface area contributed by atoms with Crippen LogP contribution in [0.1, 0.15) is 55.2 Å². The molecule has 0 bridgehead atoms. The SMILES string of the molecule is C[C@@H](NC(=O)OC(C)(C)C)c1ccc(C(=O)c2ccc(Cl)c3cnccc23)cc1. The van der Waals surface area contributed by atoms with Crippen molar-refractivity contribution in [2.75, 3.05) is 0 Å². The van der Waals surface area contributed by atoms with Gasteiger partial charge in [0.1, 0.15) is 5.60 Å². The topological polar surface area (TPSA) is 68.3 Å². The summed E-state index contributed by atoms with van der Waals surface area (Å²) in [5, 5.41) is 4.86. The molecule has 0 spiro atoms. The predicted molar refractivity (Wildman–Crippen MR) is 114 cm³/mol. The van der Waals surface area contributed by atoms with E-state index in [1.165, 1.54) is 0 Å². The Bertz CT molecular complexity index is 1060. The van der Waals surface area contributed by atoms with Gasteiger partial charge in [-0.2, -0.15) is 0 Å². The lowest BCUT2D eigenvalue weighted by atomic mass is 9.96. The van der Waals surface area contributed by atoms with E-state index in [1.54, 1.807) is 42.7 Å². The lowest BCUT2D eigenvalue weighted by Gasteiger charge is -2.22. The quantitative estimate of drug-likeness (QED) is 0.560. The standard InChI is InChI=1S/C23H23ClN2O3/c1-14(26-22(28)29-23(2,3)4)15-5-7-16(8-6-15)21(27)18-9-10-20(24)19-13-25-12-11-17(18)19/h5-14H,1-4H3,(H,26,28)/t14-/m1/s1. The van der Waals surface area contributed by atoms with E-state index < -0.39 is 11.7 Å². The number of carbonyl (C=O) groups is 2. The number of pyridine rings is 1. The Morgan fingerprint density at radius 1 is 1.03 bits per heavy atom. The van der Waals surface area contributed by atoms with Gasteiger partial charge in [-0.15, -0.1) is 0 Å². The van der Waals surface area contributed by atoms with Crippen LogP contribution in [0.2, 0.25) is 5.02 Å². The average molecular weight is 411 g/mol. The van der Waals surface area contributed by atoms with Gasteiger partial charge in [0, 0.05) is 33.9 Å². The van der Waals surface area contributed by atoms with Crippen LogP contribution in [0.25, 0.3) is 10.8 Å². The van der Waals surface area contributed by atoms with Gasteiger partial charge in [0.05, 0.1) is 6.04 Å². The third-order valence-corrected chi connectivity index (χ3v) is 4.75. The summed E-state index contributed by atoms with van der Waals surface area (Å²) in [5.74, 6) is -0.0998. The van der Waals surface area contributed by atoms with Crippen molar-refractivity contribution in [3.05, 3.63) is 76.6 Å². The predicted octanol–water partition coefficient (Wildman–Crippen LogP) is 5.70. The first-order valence-electron chi connectivity index (χ1n) is 9.32. The molecule has 0 saturated carbocycles. The van der Waals surface area contributed by atoms with Gasteiger partial charge in [-0.25, -0.2) is 4.79 Å². The molecule has 6 heteroatoms. The molecule has 1 N–H and O–H groups in total. The smallest absolute Gasteiger partial charge is 0.408 e. The van der Waals surface area contributed by atoms with Crippen LogP contribution in [-0.4, -0.2) is 22.5 Å². The second-order valence-electron chi connectivity index (χ2n) is 7.84. The largest absolute Gasteiger partial charge is 0.444 e. The molecule has 1 heterocycles. The van der Waals surface area contributed by atoms with Crippen molar-refractivity contribution in [3.63, 3.8) is 0 Å². The van der Waals surface area contributed by atoms with Gasteiger partial charge in [0.2, 0.25) is 0 Å². The van der Waals surface area contributed by atoms with Gasteiger partial charge in [0.25, 0.3) is 0 Å². The summed E-state index contributed by atoms with van der Waals surface area (Å²) in [5.41, 5.74) is 1.44. The highest BCUT2D eigenvalue weighted by Crippen LogP contribution is 2.27. The number of alkyl carbamates (subject to hydrolysis) is 1. The Morgan fingerprint density at radius 2 is 1.72 bits per heavy atom. The van der Waals surface area contributed by atoms with E-state index in [4.69, 9.17) is 16.3 Å². The molecule has 1 aromatic heterocycles. The summed E-state index contributed by atoms with van der Waals surface area (Å²) in [6, 6.07) is 12.1. The first-order chi connectivity index (χ1) is 13.7. The zero-order chi connectivity index (χ0) is 21.2. The highest BCUT2D eigenvalue weighted by atomic mass is 35.5. The second-order valence-corrected chi connectivity index (χ2v) is 8.24. The number of ketones is 1. The Kier molecular flexibility index (Phi) is 5.89. The number of ether oxygens (including phenoxy) is 1. The highest BCUT2D eigenvalue weighted by Gasteiger charge is 2.19. The maximum atomic E-state index is 13.0. The maximum absolute atomic E-state index is 13.0. The lowest BCUT2D eigenvalue weighted by molar-refractivity contribution is 0.0507. The fourth-order valence-corrected chi connectivity index (χ4v) is 3.21. The van der Waals surface area contributed by atoms with Crippen molar-refractivity contribution < 1.29 is 14.3 Å². The minimum atomic E-state index is -0.559. The Labute approximate surface area is 175 Å². The molecule has 0 saturated heterocycles. The Morgan fingerprint density at radius 3 is 2.38 bits per heavy atom. The van der Waals surface area contributed by atoms with Crippen molar-refractivity contribution in [1.29, 1.82) is 0 Å². The number of fused-ring (bicyclic) bond motifs is 1. The number of aromatic nitrogens is 1. The summed E-state index contributed by atoms with van der Waals surface area (Å²) < 4.78 is 5.28.